The van der Waals surface area contributed by atoms with Crippen LogP contribution < -0.4 is 5.32 Å². The zero-order chi connectivity index (χ0) is 9.68. The molecule has 3 nitrogen and oxygen atoms in total. The predicted octanol–water partition coefficient (Wildman–Crippen LogP) is 0.914. The summed E-state index contributed by atoms with van der Waals surface area (Å²) < 4.78 is 5.63. The largest absolute Gasteiger partial charge is 0.392 e. The van der Waals surface area contributed by atoms with Crippen molar-refractivity contribution in [3.63, 3.8) is 0 Å². The summed E-state index contributed by atoms with van der Waals surface area (Å²) in [6.07, 6.45) is 3.70. The van der Waals surface area contributed by atoms with Crippen molar-refractivity contribution in [3.8, 4) is 0 Å². The number of aliphatic hydroxyl groups is 1. The van der Waals surface area contributed by atoms with E-state index in [1.807, 2.05) is 6.92 Å². The normalized spacial score (nSPS) is 30.7. The van der Waals surface area contributed by atoms with Gasteiger partial charge in [0.05, 0.1) is 18.3 Å². The van der Waals surface area contributed by atoms with Crippen molar-refractivity contribution in [3.05, 3.63) is 0 Å². The summed E-state index contributed by atoms with van der Waals surface area (Å²) in [5, 5.41) is 12.5. The summed E-state index contributed by atoms with van der Waals surface area (Å²) >= 11 is 0. The highest BCUT2D eigenvalue weighted by Crippen LogP contribution is 2.17. The second-order valence-electron chi connectivity index (χ2n) is 3.87. The van der Waals surface area contributed by atoms with Gasteiger partial charge in [0, 0.05) is 13.1 Å². The topological polar surface area (TPSA) is 41.5 Å². The van der Waals surface area contributed by atoms with Crippen molar-refractivity contribution in [1.29, 1.82) is 0 Å². The summed E-state index contributed by atoms with van der Waals surface area (Å²) in [6.45, 7) is 5.66. The molecule has 3 heteroatoms. The Morgan fingerprint density at radius 3 is 2.85 bits per heavy atom. The number of rotatable bonds is 5. The monoisotopic (exact) mass is 187 g/mol. The maximum Gasteiger partial charge on any atom is 0.0704 e. The van der Waals surface area contributed by atoms with E-state index in [1.165, 1.54) is 6.42 Å². The maximum absolute atomic E-state index is 9.28. The Morgan fingerprint density at radius 1 is 1.54 bits per heavy atom. The van der Waals surface area contributed by atoms with E-state index < -0.39 is 0 Å². The Hall–Kier alpha value is -0.120. The molecule has 78 valence electrons. The summed E-state index contributed by atoms with van der Waals surface area (Å²) in [5.41, 5.74) is 0. The first kappa shape index (κ1) is 11.0. The van der Waals surface area contributed by atoms with Crippen LogP contribution in [-0.4, -0.2) is 36.5 Å². The lowest BCUT2D eigenvalue weighted by molar-refractivity contribution is 0.0535. The van der Waals surface area contributed by atoms with Gasteiger partial charge >= 0.3 is 0 Å². The van der Waals surface area contributed by atoms with E-state index in [0.29, 0.717) is 18.8 Å². The number of hydrogen-bond donors (Lipinski definition) is 2. The maximum atomic E-state index is 9.28. The van der Waals surface area contributed by atoms with Crippen LogP contribution in [0.5, 0.6) is 0 Å². The van der Waals surface area contributed by atoms with Crippen LogP contribution in [0.1, 0.15) is 33.1 Å². The van der Waals surface area contributed by atoms with Gasteiger partial charge in [-0.05, 0) is 26.2 Å². The number of ether oxygens (including phenoxy) is 1. The molecule has 0 aromatic carbocycles. The minimum absolute atomic E-state index is 0.209. The van der Waals surface area contributed by atoms with Crippen LogP contribution in [0.15, 0.2) is 0 Å². The Kier molecular flexibility index (Phi) is 4.70. The zero-order valence-corrected chi connectivity index (χ0v) is 8.62. The molecule has 0 radical (unpaired) electrons. The first-order valence-electron chi connectivity index (χ1n) is 5.26. The quantitative estimate of drug-likeness (QED) is 0.672. The van der Waals surface area contributed by atoms with E-state index in [-0.39, 0.29) is 6.10 Å². The molecule has 3 atom stereocenters. The van der Waals surface area contributed by atoms with Crippen molar-refractivity contribution >= 4 is 0 Å². The minimum Gasteiger partial charge on any atom is -0.392 e. The fourth-order valence-corrected chi connectivity index (χ4v) is 1.59. The molecule has 1 heterocycles. The van der Waals surface area contributed by atoms with Crippen molar-refractivity contribution in [2.75, 3.05) is 13.1 Å². The third-order valence-corrected chi connectivity index (χ3v) is 2.54. The Balaban J connectivity index is 2.00. The zero-order valence-electron chi connectivity index (χ0n) is 8.62. The molecule has 0 bridgehead atoms. The highest BCUT2D eigenvalue weighted by Gasteiger charge is 2.20. The van der Waals surface area contributed by atoms with E-state index >= 15 is 0 Å². The fourth-order valence-electron chi connectivity index (χ4n) is 1.59. The van der Waals surface area contributed by atoms with Crippen LogP contribution in [0.4, 0.5) is 0 Å². The van der Waals surface area contributed by atoms with Crippen molar-refractivity contribution in [2.24, 2.45) is 0 Å². The van der Waals surface area contributed by atoms with E-state index in [9.17, 15) is 5.11 Å². The van der Waals surface area contributed by atoms with Crippen LogP contribution in [-0.2, 0) is 4.74 Å². The minimum atomic E-state index is -0.209. The smallest absolute Gasteiger partial charge is 0.0704 e. The fraction of sp³-hybridized carbons (Fsp3) is 1.00. The second kappa shape index (κ2) is 5.58. The van der Waals surface area contributed by atoms with Gasteiger partial charge in [0.15, 0.2) is 0 Å². The molecule has 1 aliphatic rings. The molecule has 0 aliphatic carbocycles. The van der Waals surface area contributed by atoms with E-state index in [0.717, 1.165) is 19.4 Å². The first-order valence-corrected chi connectivity index (χ1v) is 5.26. The Labute approximate surface area is 80.5 Å². The summed E-state index contributed by atoms with van der Waals surface area (Å²) in [6, 6.07) is 0. The van der Waals surface area contributed by atoms with Crippen molar-refractivity contribution < 1.29 is 9.84 Å². The SMILES string of the molecule is CCC(O)CNCC1CCC(C)O1. The summed E-state index contributed by atoms with van der Waals surface area (Å²) in [7, 11) is 0. The van der Waals surface area contributed by atoms with E-state index in [4.69, 9.17) is 4.74 Å². The van der Waals surface area contributed by atoms with Crippen LogP contribution >= 0.6 is 0 Å². The standard InChI is InChI=1S/C10H21NO2/c1-3-9(12)6-11-7-10-5-4-8(2)13-10/h8-12H,3-7H2,1-2H3. The highest BCUT2D eigenvalue weighted by molar-refractivity contribution is 4.72. The van der Waals surface area contributed by atoms with Crippen LogP contribution in [0.3, 0.4) is 0 Å². The summed E-state index contributed by atoms with van der Waals surface area (Å²) in [4.78, 5) is 0. The lowest BCUT2D eigenvalue weighted by Gasteiger charge is -2.14. The lowest BCUT2D eigenvalue weighted by atomic mass is 10.2. The molecule has 1 saturated heterocycles. The second-order valence-corrected chi connectivity index (χ2v) is 3.87. The predicted molar refractivity (Wildman–Crippen MR) is 52.7 cm³/mol. The third kappa shape index (κ3) is 4.07. The highest BCUT2D eigenvalue weighted by atomic mass is 16.5. The number of aliphatic hydroxyl groups excluding tert-OH is 1. The molecule has 2 N–H and O–H groups in total. The van der Waals surface area contributed by atoms with Crippen LogP contribution in [0.25, 0.3) is 0 Å². The summed E-state index contributed by atoms with van der Waals surface area (Å²) in [5.74, 6) is 0. The van der Waals surface area contributed by atoms with Gasteiger partial charge in [0.25, 0.3) is 0 Å². The number of hydrogen-bond acceptors (Lipinski definition) is 3. The van der Waals surface area contributed by atoms with Gasteiger partial charge in [-0.2, -0.15) is 0 Å². The Morgan fingerprint density at radius 2 is 2.31 bits per heavy atom. The molecule has 1 rings (SSSR count). The van der Waals surface area contributed by atoms with Crippen LogP contribution in [0.2, 0.25) is 0 Å². The molecule has 0 aromatic rings. The molecule has 1 fully saturated rings. The van der Waals surface area contributed by atoms with E-state index in [1.54, 1.807) is 0 Å². The van der Waals surface area contributed by atoms with Gasteiger partial charge in [-0.3, -0.25) is 0 Å². The molecule has 3 unspecified atom stereocenters. The van der Waals surface area contributed by atoms with Gasteiger partial charge in [-0.25, -0.2) is 0 Å². The van der Waals surface area contributed by atoms with Crippen LogP contribution in [0, 0.1) is 0 Å². The first-order chi connectivity index (χ1) is 6.22. The molecule has 0 aromatic heterocycles. The van der Waals surface area contributed by atoms with Gasteiger partial charge in [0.2, 0.25) is 0 Å². The van der Waals surface area contributed by atoms with Crippen molar-refractivity contribution in [1.82, 2.24) is 5.32 Å². The molecule has 0 spiro atoms. The average molecular weight is 187 g/mol. The van der Waals surface area contributed by atoms with E-state index in [2.05, 4.69) is 12.2 Å². The van der Waals surface area contributed by atoms with Crippen molar-refractivity contribution in [2.45, 2.75) is 51.4 Å². The third-order valence-electron chi connectivity index (χ3n) is 2.54. The van der Waals surface area contributed by atoms with Gasteiger partial charge < -0.3 is 15.2 Å². The van der Waals surface area contributed by atoms with Gasteiger partial charge in [-0.1, -0.05) is 6.92 Å². The Bertz CT molecular complexity index is 141. The molecular weight excluding hydrogens is 166 g/mol. The van der Waals surface area contributed by atoms with Gasteiger partial charge in [-0.15, -0.1) is 0 Å². The number of nitrogens with one attached hydrogen (secondary N) is 1. The molecular formula is C10H21NO2. The van der Waals surface area contributed by atoms with Gasteiger partial charge in [0.1, 0.15) is 0 Å². The molecule has 0 saturated carbocycles. The molecule has 1 aliphatic heterocycles. The lowest BCUT2D eigenvalue weighted by Crippen LogP contribution is -2.32. The molecule has 13 heavy (non-hydrogen) atoms. The molecule has 0 amide bonds. The average Bonchev–Trinajstić information content (AvgIpc) is 2.51.